The number of nitrogens with one attached hydrogen (secondary N) is 1. The Balaban J connectivity index is 1.46. The zero-order chi connectivity index (χ0) is 15.2. The van der Waals surface area contributed by atoms with Crippen LogP contribution < -0.4 is 5.32 Å². The summed E-state index contributed by atoms with van der Waals surface area (Å²) in [6.45, 7) is 1.90. The van der Waals surface area contributed by atoms with Gasteiger partial charge in [0.2, 0.25) is 0 Å². The van der Waals surface area contributed by atoms with Crippen molar-refractivity contribution in [2.24, 2.45) is 0 Å². The van der Waals surface area contributed by atoms with Crippen LogP contribution in [-0.4, -0.2) is 27.6 Å². The van der Waals surface area contributed by atoms with E-state index in [1.54, 1.807) is 6.20 Å². The van der Waals surface area contributed by atoms with Crippen LogP contribution in [0.5, 0.6) is 0 Å². The predicted molar refractivity (Wildman–Crippen MR) is 89.7 cm³/mol. The van der Waals surface area contributed by atoms with Crippen LogP contribution in [0.15, 0.2) is 42.7 Å². The molecule has 22 heavy (non-hydrogen) atoms. The van der Waals surface area contributed by atoms with Gasteiger partial charge in [0, 0.05) is 30.4 Å². The van der Waals surface area contributed by atoms with E-state index in [9.17, 15) is 0 Å². The van der Waals surface area contributed by atoms with Crippen LogP contribution >= 0.6 is 11.6 Å². The first-order valence-electron chi connectivity index (χ1n) is 7.84. The summed E-state index contributed by atoms with van der Waals surface area (Å²) in [6, 6.07) is 8.72. The standard InChI is InChI=1S/C17H21ClN4/c18-16-6-4-14(5-7-16)15-8-9-19-17(13-15)3-1-2-11-22-12-10-20-21-22/h4-8,10,12,17,19H,1-3,9,11,13H2. The maximum atomic E-state index is 5.96. The van der Waals surface area contributed by atoms with Crippen molar-refractivity contribution in [1.82, 2.24) is 20.3 Å². The number of rotatable bonds is 6. The van der Waals surface area contributed by atoms with E-state index in [-0.39, 0.29) is 0 Å². The van der Waals surface area contributed by atoms with Gasteiger partial charge in [0.15, 0.2) is 0 Å². The van der Waals surface area contributed by atoms with Crippen molar-refractivity contribution >= 4 is 17.2 Å². The predicted octanol–water partition coefficient (Wildman–Crippen LogP) is 3.55. The third-order valence-corrected chi connectivity index (χ3v) is 4.35. The highest BCUT2D eigenvalue weighted by atomic mass is 35.5. The fourth-order valence-electron chi connectivity index (χ4n) is 2.89. The summed E-state index contributed by atoms with van der Waals surface area (Å²) in [5, 5.41) is 12.2. The van der Waals surface area contributed by atoms with E-state index in [2.05, 4.69) is 33.8 Å². The highest BCUT2D eigenvalue weighted by Crippen LogP contribution is 2.25. The van der Waals surface area contributed by atoms with Gasteiger partial charge in [-0.15, -0.1) is 5.10 Å². The molecule has 0 fully saturated rings. The van der Waals surface area contributed by atoms with Gasteiger partial charge in [0.05, 0.1) is 6.20 Å². The van der Waals surface area contributed by atoms with E-state index >= 15 is 0 Å². The minimum Gasteiger partial charge on any atom is -0.310 e. The number of aromatic nitrogens is 3. The van der Waals surface area contributed by atoms with E-state index in [4.69, 9.17) is 11.6 Å². The zero-order valence-electron chi connectivity index (χ0n) is 12.6. The molecule has 3 rings (SSSR count). The van der Waals surface area contributed by atoms with Crippen LogP contribution in [0, 0.1) is 0 Å². The van der Waals surface area contributed by atoms with Crippen LogP contribution in [0.25, 0.3) is 5.57 Å². The van der Waals surface area contributed by atoms with Crippen LogP contribution in [0.1, 0.15) is 31.2 Å². The molecular formula is C17H21ClN4. The molecule has 4 nitrogen and oxygen atoms in total. The average molecular weight is 317 g/mol. The van der Waals surface area contributed by atoms with Crippen molar-refractivity contribution in [1.29, 1.82) is 0 Å². The van der Waals surface area contributed by atoms with Crippen molar-refractivity contribution in [2.75, 3.05) is 6.54 Å². The maximum absolute atomic E-state index is 5.96. The Morgan fingerprint density at radius 2 is 2.09 bits per heavy atom. The second-order valence-corrected chi connectivity index (χ2v) is 6.14. The van der Waals surface area contributed by atoms with Crippen molar-refractivity contribution in [3.8, 4) is 0 Å². The molecule has 0 spiro atoms. The Hall–Kier alpha value is -1.65. The Morgan fingerprint density at radius 3 is 2.86 bits per heavy atom. The first-order chi connectivity index (χ1) is 10.8. The maximum Gasteiger partial charge on any atom is 0.0692 e. The van der Waals surface area contributed by atoms with Gasteiger partial charge in [-0.2, -0.15) is 0 Å². The third kappa shape index (κ3) is 4.18. The number of halogens is 1. The molecule has 0 saturated heterocycles. The smallest absolute Gasteiger partial charge is 0.0692 e. The quantitative estimate of drug-likeness (QED) is 0.829. The van der Waals surface area contributed by atoms with Crippen LogP contribution in [0.2, 0.25) is 5.02 Å². The number of benzene rings is 1. The molecule has 1 aromatic carbocycles. The van der Waals surface area contributed by atoms with Crippen molar-refractivity contribution in [3.05, 3.63) is 53.3 Å². The first kappa shape index (κ1) is 15.3. The van der Waals surface area contributed by atoms with Crippen molar-refractivity contribution in [2.45, 2.75) is 38.3 Å². The van der Waals surface area contributed by atoms with Crippen molar-refractivity contribution in [3.63, 3.8) is 0 Å². The highest BCUT2D eigenvalue weighted by Gasteiger charge is 2.15. The van der Waals surface area contributed by atoms with Gasteiger partial charge in [0.25, 0.3) is 0 Å². The normalized spacial score (nSPS) is 18.2. The molecule has 1 N–H and O–H groups in total. The lowest BCUT2D eigenvalue weighted by molar-refractivity contribution is 0.453. The van der Waals surface area contributed by atoms with Crippen LogP contribution in [-0.2, 0) is 6.54 Å². The average Bonchev–Trinajstić information content (AvgIpc) is 3.06. The zero-order valence-corrected chi connectivity index (χ0v) is 13.3. The van der Waals surface area contributed by atoms with Crippen LogP contribution in [0.3, 0.4) is 0 Å². The molecule has 1 aromatic heterocycles. The summed E-state index contributed by atoms with van der Waals surface area (Å²) in [5.74, 6) is 0. The monoisotopic (exact) mass is 316 g/mol. The largest absolute Gasteiger partial charge is 0.310 e. The molecule has 0 bridgehead atoms. The molecule has 1 aliphatic heterocycles. The second kappa shape index (κ2) is 7.56. The van der Waals surface area contributed by atoms with Gasteiger partial charge in [-0.3, -0.25) is 4.68 Å². The molecule has 2 aromatic rings. The van der Waals surface area contributed by atoms with E-state index in [0.717, 1.165) is 31.0 Å². The van der Waals surface area contributed by atoms with Crippen LogP contribution in [0.4, 0.5) is 0 Å². The first-order valence-corrected chi connectivity index (χ1v) is 8.21. The van der Waals surface area contributed by atoms with E-state index in [1.165, 1.54) is 24.0 Å². The van der Waals surface area contributed by atoms with Gasteiger partial charge in [-0.1, -0.05) is 41.4 Å². The minimum absolute atomic E-state index is 0.562. The Morgan fingerprint density at radius 1 is 1.23 bits per heavy atom. The molecule has 2 heterocycles. The van der Waals surface area contributed by atoms with E-state index < -0.39 is 0 Å². The molecule has 0 aliphatic carbocycles. The van der Waals surface area contributed by atoms with Gasteiger partial charge in [0.1, 0.15) is 0 Å². The second-order valence-electron chi connectivity index (χ2n) is 5.71. The summed E-state index contributed by atoms with van der Waals surface area (Å²) in [4.78, 5) is 0. The lowest BCUT2D eigenvalue weighted by Gasteiger charge is -2.24. The molecular weight excluding hydrogens is 296 g/mol. The van der Waals surface area contributed by atoms with Gasteiger partial charge < -0.3 is 5.32 Å². The number of nitrogens with zero attached hydrogens (tertiary/aromatic N) is 3. The molecule has 1 atom stereocenters. The SMILES string of the molecule is Clc1ccc(C2=CCNC(CCCCn3ccnn3)C2)cc1. The van der Waals surface area contributed by atoms with Crippen molar-refractivity contribution < 1.29 is 0 Å². The molecule has 0 amide bonds. The topological polar surface area (TPSA) is 42.7 Å². The Kier molecular flexibility index (Phi) is 5.24. The molecule has 0 radical (unpaired) electrons. The summed E-state index contributed by atoms with van der Waals surface area (Å²) in [7, 11) is 0. The molecule has 1 unspecified atom stereocenters. The third-order valence-electron chi connectivity index (χ3n) is 4.10. The number of aryl methyl sites for hydroxylation is 1. The Labute approximate surface area is 136 Å². The van der Waals surface area contributed by atoms with E-state index in [0.29, 0.717) is 6.04 Å². The number of hydrogen-bond donors (Lipinski definition) is 1. The fourth-order valence-corrected chi connectivity index (χ4v) is 3.02. The van der Waals surface area contributed by atoms with Gasteiger partial charge in [-0.25, -0.2) is 0 Å². The number of hydrogen-bond acceptors (Lipinski definition) is 3. The molecule has 116 valence electrons. The minimum atomic E-state index is 0.562. The summed E-state index contributed by atoms with van der Waals surface area (Å²) in [6.07, 6.45) is 10.6. The highest BCUT2D eigenvalue weighted by molar-refractivity contribution is 6.30. The summed E-state index contributed by atoms with van der Waals surface area (Å²) >= 11 is 5.96. The lowest BCUT2D eigenvalue weighted by Crippen LogP contribution is -2.32. The van der Waals surface area contributed by atoms with Gasteiger partial charge >= 0.3 is 0 Å². The Bertz CT molecular complexity index is 604. The molecule has 1 aliphatic rings. The molecule has 0 saturated carbocycles. The number of unbranched alkanes of at least 4 members (excludes halogenated alkanes) is 1. The molecule has 5 heteroatoms. The summed E-state index contributed by atoms with van der Waals surface area (Å²) < 4.78 is 1.90. The summed E-state index contributed by atoms with van der Waals surface area (Å²) in [5.41, 5.74) is 2.72. The van der Waals surface area contributed by atoms with E-state index in [1.807, 2.05) is 23.0 Å². The fraction of sp³-hybridized carbons (Fsp3) is 0.412. The van der Waals surface area contributed by atoms with Gasteiger partial charge in [-0.05, 0) is 42.5 Å². The lowest BCUT2D eigenvalue weighted by atomic mass is 9.93.